The minimum absolute atomic E-state index is 0.100. The second kappa shape index (κ2) is 13.6. The predicted molar refractivity (Wildman–Crippen MR) is 181 cm³/mol. The number of hydrogen-bond donors (Lipinski definition) is 3. The summed E-state index contributed by atoms with van der Waals surface area (Å²) in [6.07, 6.45) is 1.85. The van der Waals surface area contributed by atoms with E-state index < -0.39 is 23.8 Å². The third kappa shape index (κ3) is 7.68. The topological polar surface area (TPSA) is 108 Å². The molecule has 3 N–H and O–H groups in total. The van der Waals surface area contributed by atoms with E-state index in [2.05, 4.69) is 10.6 Å². The summed E-state index contributed by atoms with van der Waals surface area (Å²) >= 11 is 0. The Labute approximate surface area is 270 Å². The van der Waals surface area contributed by atoms with Gasteiger partial charge in [0.1, 0.15) is 23.4 Å². The Bertz CT molecular complexity index is 1720. The molecule has 0 saturated heterocycles. The zero-order valence-electron chi connectivity index (χ0n) is 27.2. The van der Waals surface area contributed by atoms with Crippen molar-refractivity contribution in [3.63, 3.8) is 0 Å². The summed E-state index contributed by atoms with van der Waals surface area (Å²) in [6, 6.07) is 23.9. The summed E-state index contributed by atoms with van der Waals surface area (Å²) in [5.74, 6) is -0.601. The summed E-state index contributed by atoms with van der Waals surface area (Å²) in [5, 5.41) is 17.8. The van der Waals surface area contributed by atoms with Crippen LogP contribution in [0, 0.1) is 13.8 Å². The summed E-state index contributed by atoms with van der Waals surface area (Å²) in [4.78, 5) is 44.1. The monoisotopic (exact) mass is 621 g/mol. The van der Waals surface area contributed by atoms with Crippen molar-refractivity contribution in [2.45, 2.75) is 84.0 Å². The molecule has 1 fully saturated rings. The van der Waals surface area contributed by atoms with Crippen LogP contribution < -0.4 is 10.6 Å². The van der Waals surface area contributed by atoms with E-state index in [1.54, 1.807) is 49.9 Å². The molecule has 5 rings (SSSR count). The predicted octanol–water partition coefficient (Wildman–Crippen LogP) is 7.36. The number of hydrogen-bond acceptors (Lipinski definition) is 5. The fourth-order valence-corrected chi connectivity index (χ4v) is 5.85. The Kier molecular flexibility index (Phi) is 9.65. The van der Waals surface area contributed by atoms with Crippen molar-refractivity contribution in [3.8, 4) is 5.75 Å². The van der Waals surface area contributed by atoms with Gasteiger partial charge in [-0.2, -0.15) is 0 Å². The van der Waals surface area contributed by atoms with E-state index in [1.807, 2.05) is 74.5 Å². The van der Waals surface area contributed by atoms with E-state index in [0.29, 0.717) is 5.69 Å². The maximum Gasteiger partial charge on any atom is 0.408 e. The van der Waals surface area contributed by atoms with Crippen molar-refractivity contribution in [2.24, 2.45) is 0 Å². The van der Waals surface area contributed by atoms with Crippen LogP contribution in [-0.4, -0.2) is 45.6 Å². The maximum absolute atomic E-state index is 14.8. The van der Waals surface area contributed by atoms with Gasteiger partial charge < -0.3 is 25.4 Å². The van der Waals surface area contributed by atoms with Crippen LogP contribution in [0.2, 0.25) is 0 Å². The standard InChI is InChI=1S/C38H43N3O5/c1-24-10-8-15-32(25(24)2)34(35(43)39-29-19-18-27-11-6-7-12-28(27)23-29)41(30-13-9-14-30)36(44)33(40-37(45)46-38(3,4)5)22-26-16-20-31(42)21-17-26/h6-8,10-12,15-21,23,30,33-34,42H,9,13-14,22H2,1-5H3,(H,39,43)(H,40,45). The molecule has 8 heteroatoms. The first kappa shape index (κ1) is 32.5. The number of phenols is 1. The van der Waals surface area contributed by atoms with Gasteiger partial charge in [-0.15, -0.1) is 0 Å². The van der Waals surface area contributed by atoms with Crippen molar-refractivity contribution in [3.05, 3.63) is 107 Å². The number of carbonyl (C=O) groups excluding carboxylic acids is 3. The summed E-state index contributed by atoms with van der Waals surface area (Å²) in [5.41, 5.74) is 3.27. The van der Waals surface area contributed by atoms with Gasteiger partial charge in [0.2, 0.25) is 5.91 Å². The van der Waals surface area contributed by atoms with Crippen molar-refractivity contribution >= 4 is 34.4 Å². The average molecular weight is 622 g/mol. The lowest BCUT2D eigenvalue weighted by atomic mass is 9.86. The fraction of sp³-hybridized carbons (Fsp3) is 0.342. The molecule has 46 heavy (non-hydrogen) atoms. The lowest BCUT2D eigenvalue weighted by Crippen LogP contribution is -2.57. The molecular weight excluding hydrogens is 578 g/mol. The van der Waals surface area contributed by atoms with Crippen LogP contribution in [0.25, 0.3) is 10.8 Å². The number of anilines is 1. The quantitative estimate of drug-likeness (QED) is 0.181. The molecule has 8 nitrogen and oxygen atoms in total. The molecule has 0 radical (unpaired) electrons. The van der Waals surface area contributed by atoms with E-state index in [4.69, 9.17) is 4.74 Å². The minimum Gasteiger partial charge on any atom is -0.508 e. The van der Waals surface area contributed by atoms with E-state index in [-0.39, 0.29) is 30.0 Å². The zero-order chi connectivity index (χ0) is 33.0. The number of amides is 3. The number of rotatable bonds is 9. The molecule has 0 aliphatic heterocycles. The second-order valence-electron chi connectivity index (χ2n) is 13.1. The highest BCUT2D eigenvalue weighted by atomic mass is 16.6. The Morgan fingerprint density at radius 2 is 1.61 bits per heavy atom. The number of ether oxygens (including phenoxy) is 1. The van der Waals surface area contributed by atoms with Gasteiger partial charge in [0.25, 0.3) is 5.91 Å². The van der Waals surface area contributed by atoms with Gasteiger partial charge >= 0.3 is 6.09 Å². The summed E-state index contributed by atoms with van der Waals surface area (Å²) in [6.45, 7) is 9.24. The lowest BCUT2D eigenvalue weighted by molar-refractivity contribution is -0.145. The molecule has 0 aromatic heterocycles. The number of nitrogens with zero attached hydrogens (tertiary/aromatic N) is 1. The molecule has 2 atom stereocenters. The molecule has 0 bridgehead atoms. The number of aryl methyl sites for hydroxylation is 1. The number of benzene rings is 4. The number of fused-ring (bicyclic) bond motifs is 1. The molecular formula is C38H43N3O5. The maximum atomic E-state index is 14.8. The van der Waals surface area contributed by atoms with Crippen LogP contribution in [-0.2, 0) is 20.7 Å². The average Bonchev–Trinajstić information content (AvgIpc) is 2.97. The lowest BCUT2D eigenvalue weighted by Gasteiger charge is -2.44. The number of aromatic hydroxyl groups is 1. The van der Waals surface area contributed by atoms with E-state index in [0.717, 1.165) is 52.3 Å². The Balaban J connectivity index is 1.56. The van der Waals surface area contributed by atoms with E-state index in [9.17, 15) is 19.5 Å². The minimum atomic E-state index is -1.03. The highest BCUT2D eigenvalue weighted by Crippen LogP contribution is 2.36. The third-order valence-electron chi connectivity index (χ3n) is 8.57. The van der Waals surface area contributed by atoms with Crippen LogP contribution in [0.5, 0.6) is 5.75 Å². The molecule has 240 valence electrons. The smallest absolute Gasteiger partial charge is 0.408 e. The molecule has 1 aliphatic rings. The van der Waals surface area contributed by atoms with Gasteiger partial charge in [-0.1, -0.05) is 60.7 Å². The van der Waals surface area contributed by atoms with Gasteiger partial charge in [0.15, 0.2) is 0 Å². The van der Waals surface area contributed by atoms with Gasteiger partial charge in [0.05, 0.1) is 0 Å². The number of nitrogens with one attached hydrogen (secondary N) is 2. The third-order valence-corrected chi connectivity index (χ3v) is 8.57. The van der Waals surface area contributed by atoms with Gasteiger partial charge in [-0.05, 0) is 111 Å². The Morgan fingerprint density at radius 1 is 0.913 bits per heavy atom. The normalized spacial score (nSPS) is 14.5. The largest absolute Gasteiger partial charge is 0.508 e. The summed E-state index contributed by atoms with van der Waals surface area (Å²) in [7, 11) is 0. The first-order valence-electron chi connectivity index (χ1n) is 15.8. The molecule has 0 heterocycles. The number of phenolic OH excluding ortho intramolecular Hbond substituents is 1. The van der Waals surface area contributed by atoms with E-state index in [1.165, 1.54) is 0 Å². The van der Waals surface area contributed by atoms with Crippen molar-refractivity contribution in [2.75, 3.05) is 5.32 Å². The number of carbonyl (C=O) groups is 3. The van der Waals surface area contributed by atoms with Crippen molar-refractivity contribution in [1.29, 1.82) is 0 Å². The van der Waals surface area contributed by atoms with Crippen LogP contribution in [0.4, 0.5) is 10.5 Å². The first-order chi connectivity index (χ1) is 21.9. The Morgan fingerprint density at radius 3 is 2.26 bits per heavy atom. The van der Waals surface area contributed by atoms with Gasteiger partial charge in [-0.25, -0.2) is 4.79 Å². The Hall–Kier alpha value is -4.85. The van der Waals surface area contributed by atoms with Crippen molar-refractivity contribution in [1.82, 2.24) is 10.2 Å². The SMILES string of the molecule is Cc1cccc(C(C(=O)Nc2ccc3ccccc3c2)N(C(=O)C(Cc2ccc(O)cc2)NC(=O)OC(C)(C)C)C2CCC2)c1C. The second-order valence-corrected chi connectivity index (χ2v) is 13.1. The zero-order valence-corrected chi connectivity index (χ0v) is 27.2. The highest BCUT2D eigenvalue weighted by molar-refractivity contribution is 6.00. The summed E-state index contributed by atoms with van der Waals surface area (Å²) < 4.78 is 5.56. The van der Waals surface area contributed by atoms with Crippen LogP contribution in [0.3, 0.4) is 0 Å². The molecule has 0 spiro atoms. The molecule has 4 aromatic carbocycles. The van der Waals surface area contributed by atoms with Crippen LogP contribution in [0.1, 0.15) is 68.3 Å². The molecule has 2 unspecified atom stereocenters. The van der Waals surface area contributed by atoms with E-state index >= 15 is 0 Å². The molecule has 1 saturated carbocycles. The van der Waals surface area contributed by atoms with Crippen molar-refractivity contribution < 1.29 is 24.2 Å². The van der Waals surface area contributed by atoms with Crippen LogP contribution >= 0.6 is 0 Å². The fourth-order valence-electron chi connectivity index (χ4n) is 5.85. The molecule has 1 aliphatic carbocycles. The number of alkyl carbamates (subject to hydrolysis) is 1. The highest BCUT2D eigenvalue weighted by Gasteiger charge is 2.42. The van der Waals surface area contributed by atoms with Gasteiger partial charge in [-0.3, -0.25) is 9.59 Å². The molecule has 3 amide bonds. The molecule has 4 aromatic rings. The first-order valence-corrected chi connectivity index (χ1v) is 15.8. The van der Waals surface area contributed by atoms with Gasteiger partial charge in [0, 0.05) is 18.2 Å². The van der Waals surface area contributed by atoms with Crippen LogP contribution in [0.15, 0.2) is 84.9 Å².